The van der Waals surface area contributed by atoms with Crippen molar-refractivity contribution < 1.29 is 24.2 Å². The van der Waals surface area contributed by atoms with E-state index in [0.29, 0.717) is 21.2 Å². The van der Waals surface area contributed by atoms with Crippen molar-refractivity contribution in [3.8, 4) is 22.3 Å². The highest BCUT2D eigenvalue weighted by atomic mass is 35.5. The van der Waals surface area contributed by atoms with E-state index in [1.165, 1.54) is 7.11 Å². The molecule has 0 unspecified atom stereocenters. The number of methoxy groups -OCH3 is 1. The second-order valence-electron chi connectivity index (χ2n) is 13.8. The lowest BCUT2D eigenvalue weighted by molar-refractivity contribution is -0.0673. The van der Waals surface area contributed by atoms with Crippen molar-refractivity contribution in [1.29, 1.82) is 0 Å². The van der Waals surface area contributed by atoms with Crippen LogP contribution in [0.25, 0.3) is 44.1 Å². The molecular formula is C41H36Cl2N2O5. The molecule has 0 bridgehead atoms. The molecule has 2 heterocycles. The van der Waals surface area contributed by atoms with Crippen LogP contribution in [0, 0.1) is 13.8 Å². The molecule has 3 N–H and O–H groups in total. The number of hydrogen-bond acceptors (Lipinski definition) is 5. The van der Waals surface area contributed by atoms with Crippen LogP contribution in [0.5, 0.6) is 0 Å². The van der Waals surface area contributed by atoms with Crippen molar-refractivity contribution in [2.75, 3.05) is 7.11 Å². The minimum atomic E-state index is -0.750. The van der Waals surface area contributed by atoms with Gasteiger partial charge < -0.3 is 24.5 Å². The third-order valence-corrected chi connectivity index (χ3v) is 11.5. The van der Waals surface area contributed by atoms with E-state index >= 15 is 0 Å². The molecule has 0 saturated heterocycles. The maximum atomic E-state index is 14.0. The summed E-state index contributed by atoms with van der Waals surface area (Å²) in [5.74, 6) is -0.824. The summed E-state index contributed by atoms with van der Waals surface area (Å²) in [5.41, 5.74) is 8.21. The Morgan fingerprint density at radius 1 is 0.700 bits per heavy atom. The minimum absolute atomic E-state index is 0.400. The smallest absolute Gasteiger partial charge is 0.341 e. The predicted molar refractivity (Wildman–Crippen MR) is 197 cm³/mol. The molecule has 9 heteroatoms. The number of aromatic nitrogens is 2. The fourth-order valence-corrected chi connectivity index (χ4v) is 8.36. The van der Waals surface area contributed by atoms with Crippen LogP contribution in [0.3, 0.4) is 0 Å². The Morgan fingerprint density at radius 3 is 1.64 bits per heavy atom. The first-order valence-corrected chi connectivity index (χ1v) is 17.6. The zero-order chi connectivity index (χ0) is 34.9. The van der Waals surface area contributed by atoms with Crippen LogP contribution in [0.4, 0.5) is 0 Å². The number of esters is 2. The Kier molecular flexibility index (Phi) is 7.86. The molecule has 2 fully saturated rings. The Morgan fingerprint density at radius 2 is 1.20 bits per heavy atom. The molecule has 6 aromatic rings. The highest BCUT2D eigenvalue weighted by Gasteiger charge is 2.44. The summed E-state index contributed by atoms with van der Waals surface area (Å²) in [4.78, 5) is 32.6. The lowest BCUT2D eigenvalue weighted by Gasteiger charge is -2.42. The second-order valence-corrected chi connectivity index (χ2v) is 14.6. The monoisotopic (exact) mass is 706 g/mol. The summed E-state index contributed by atoms with van der Waals surface area (Å²) in [6.07, 6.45) is 8.28. The number of fused-ring (bicyclic) bond motifs is 2. The molecular weight excluding hydrogens is 671 g/mol. The van der Waals surface area contributed by atoms with Gasteiger partial charge in [-0.15, -0.1) is 0 Å². The summed E-state index contributed by atoms with van der Waals surface area (Å²) in [6, 6.07) is 19.6. The molecule has 0 amide bonds. The summed E-state index contributed by atoms with van der Waals surface area (Å²) in [7, 11) is 1.36. The number of aryl methyl sites for hydroxylation is 2. The van der Waals surface area contributed by atoms with E-state index in [-0.39, 0.29) is 0 Å². The molecule has 0 radical (unpaired) electrons. The van der Waals surface area contributed by atoms with Crippen molar-refractivity contribution in [1.82, 2.24) is 9.97 Å². The molecule has 2 aliphatic rings. The minimum Gasteiger partial charge on any atom is -0.465 e. The van der Waals surface area contributed by atoms with Crippen molar-refractivity contribution >= 4 is 56.9 Å². The summed E-state index contributed by atoms with van der Waals surface area (Å²) < 4.78 is 11.4. The largest absolute Gasteiger partial charge is 0.465 e. The van der Waals surface area contributed by atoms with Gasteiger partial charge in [0.1, 0.15) is 5.60 Å². The van der Waals surface area contributed by atoms with Crippen LogP contribution in [0.1, 0.15) is 81.5 Å². The van der Waals surface area contributed by atoms with E-state index < -0.39 is 23.1 Å². The fourth-order valence-electron chi connectivity index (χ4n) is 7.81. The van der Waals surface area contributed by atoms with Crippen LogP contribution >= 0.6 is 23.2 Å². The van der Waals surface area contributed by atoms with Gasteiger partial charge in [-0.3, -0.25) is 0 Å². The Hall–Kier alpha value is -4.56. The number of nitrogens with one attached hydrogen (secondary N) is 2. The third kappa shape index (κ3) is 5.22. The average molecular weight is 708 g/mol. The number of halogens is 2. The van der Waals surface area contributed by atoms with Gasteiger partial charge in [-0.2, -0.15) is 0 Å². The van der Waals surface area contributed by atoms with Crippen LogP contribution in [-0.4, -0.2) is 34.1 Å². The number of benzene rings is 4. The molecule has 50 heavy (non-hydrogen) atoms. The third-order valence-electron chi connectivity index (χ3n) is 10.9. The standard InChI is InChI=1S/C41H36Cl2N2O5/c1-22-14-24(6-8-32(22)40(48)10-4-11-40)27-17-29-31(21-45-37(29)19-35(27)43)39(47)50-41(12-5-13-41)33-9-7-25(15-23(33)2)26-16-28-30(38(46)49-3)20-44-36(28)18-34(26)42/h6-9,14-21,44-45,48H,4-5,10-13H2,1-3H3. The van der Waals surface area contributed by atoms with Crippen molar-refractivity contribution in [3.05, 3.63) is 116 Å². The van der Waals surface area contributed by atoms with Crippen LogP contribution < -0.4 is 0 Å². The van der Waals surface area contributed by atoms with Crippen LogP contribution in [0.15, 0.2) is 73.1 Å². The van der Waals surface area contributed by atoms with Gasteiger partial charge in [-0.25, -0.2) is 9.59 Å². The molecule has 0 atom stereocenters. The van der Waals surface area contributed by atoms with E-state index in [1.54, 1.807) is 12.4 Å². The fraction of sp³-hybridized carbons (Fsp3) is 0.268. The molecule has 0 aliphatic heterocycles. The zero-order valence-electron chi connectivity index (χ0n) is 28.0. The molecule has 2 saturated carbocycles. The maximum Gasteiger partial charge on any atom is 0.341 e. The molecule has 7 nitrogen and oxygen atoms in total. The normalized spacial score (nSPS) is 16.2. The number of rotatable bonds is 7. The van der Waals surface area contributed by atoms with E-state index in [0.717, 1.165) is 105 Å². The quantitative estimate of drug-likeness (QED) is 0.143. The van der Waals surface area contributed by atoms with Gasteiger partial charge in [0.2, 0.25) is 0 Å². The number of H-pyrrole nitrogens is 2. The average Bonchev–Trinajstić information content (AvgIpc) is 3.67. The number of carbonyl (C=O) groups excluding carboxylic acids is 2. The van der Waals surface area contributed by atoms with Gasteiger partial charge in [0.25, 0.3) is 0 Å². The van der Waals surface area contributed by atoms with Gasteiger partial charge in [0.05, 0.1) is 33.9 Å². The van der Waals surface area contributed by atoms with Crippen molar-refractivity contribution in [2.24, 2.45) is 0 Å². The summed E-state index contributed by atoms with van der Waals surface area (Å²) in [5, 5.41) is 13.5. The SMILES string of the molecule is COC(=O)c1c[nH]c2cc(Cl)c(-c3ccc(C4(OC(=O)c5c[nH]c6cc(Cl)c(-c7ccc(C8(O)CCC8)c(C)c7)cc56)CCC4)c(C)c3)cc12. The Balaban J connectivity index is 1.09. The molecule has 2 aromatic heterocycles. The second kappa shape index (κ2) is 12.0. The number of aromatic amines is 2. The lowest BCUT2D eigenvalue weighted by Crippen LogP contribution is -2.39. The molecule has 0 spiro atoms. The van der Waals surface area contributed by atoms with Gasteiger partial charge in [-0.05, 0) is 110 Å². The highest BCUT2D eigenvalue weighted by Crippen LogP contribution is 2.48. The first-order valence-electron chi connectivity index (χ1n) is 16.9. The van der Waals surface area contributed by atoms with Gasteiger partial charge in [0, 0.05) is 45.3 Å². The first-order chi connectivity index (χ1) is 24.0. The predicted octanol–water partition coefficient (Wildman–Crippen LogP) is 10.3. The topological polar surface area (TPSA) is 104 Å². The Labute approximate surface area is 299 Å². The zero-order valence-corrected chi connectivity index (χ0v) is 29.5. The number of hydrogen-bond donors (Lipinski definition) is 3. The van der Waals surface area contributed by atoms with Crippen molar-refractivity contribution in [2.45, 2.75) is 63.6 Å². The van der Waals surface area contributed by atoms with Crippen LogP contribution in [0.2, 0.25) is 10.0 Å². The molecule has 2 aliphatic carbocycles. The van der Waals surface area contributed by atoms with E-state index in [2.05, 4.69) is 22.1 Å². The molecule has 4 aromatic carbocycles. The van der Waals surface area contributed by atoms with E-state index in [1.807, 2.05) is 62.4 Å². The van der Waals surface area contributed by atoms with Gasteiger partial charge in [-0.1, -0.05) is 59.6 Å². The maximum absolute atomic E-state index is 14.0. The summed E-state index contributed by atoms with van der Waals surface area (Å²) >= 11 is 13.5. The van der Waals surface area contributed by atoms with Crippen molar-refractivity contribution in [3.63, 3.8) is 0 Å². The van der Waals surface area contributed by atoms with Crippen LogP contribution in [-0.2, 0) is 20.7 Å². The highest BCUT2D eigenvalue weighted by molar-refractivity contribution is 6.35. The first kappa shape index (κ1) is 32.6. The number of ether oxygens (including phenoxy) is 2. The van der Waals surface area contributed by atoms with E-state index in [4.69, 9.17) is 32.7 Å². The Bertz CT molecular complexity index is 2360. The molecule has 8 rings (SSSR count). The van der Waals surface area contributed by atoms with Gasteiger partial charge >= 0.3 is 11.9 Å². The molecule has 254 valence electrons. The summed E-state index contributed by atoms with van der Waals surface area (Å²) in [6.45, 7) is 4.04. The lowest BCUT2D eigenvalue weighted by atomic mass is 9.73. The number of aliphatic hydroxyl groups is 1. The van der Waals surface area contributed by atoms with Gasteiger partial charge in [0.15, 0.2) is 0 Å². The van der Waals surface area contributed by atoms with E-state index in [9.17, 15) is 14.7 Å². The number of carbonyl (C=O) groups is 2.